The molecule has 0 saturated carbocycles. The van der Waals surface area contributed by atoms with Crippen molar-refractivity contribution in [3.05, 3.63) is 63.6 Å². The molecule has 0 aliphatic carbocycles. The van der Waals surface area contributed by atoms with Crippen LogP contribution in [0.4, 0.5) is 5.69 Å². The van der Waals surface area contributed by atoms with Crippen molar-refractivity contribution in [2.24, 2.45) is 0 Å². The zero-order chi connectivity index (χ0) is 13.8. The molecule has 0 bridgehead atoms. The third-order valence-corrected chi connectivity index (χ3v) is 2.65. The average Bonchev–Trinajstić information content (AvgIpc) is 2.38. The number of carbonyl (C=O) groups excluding carboxylic acids is 1. The maximum atomic E-state index is 12.0. The van der Waals surface area contributed by atoms with E-state index in [4.69, 9.17) is 5.26 Å². The number of hydrogen-bond acceptors (Lipinski definition) is 3. The highest BCUT2D eigenvalue weighted by atomic mass is 16.2. The van der Waals surface area contributed by atoms with Crippen molar-refractivity contribution < 1.29 is 4.79 Å². The lowest BCUT2D eigenvalue weighted by Gasteiger charge is -2.06. The van der Waals surface area contributed by atoms with Gasteiger partial charge in [0.25, 0.3) is 11.5 Å². The summed E-state index contributed by atoms with van der Waals surface area (Å²) >= 11 is 0. The second-order valence-electron chi connectivity index (χ2n) is 4.01. The molecule has 1 amide bonds. The summed E-state index contributed by atoms with van der Waals surface area (Å²) in [5.74, 6) is -0.491. The number of aromatic amines is 1. The predicted octanol–water partition coefficient (Wildman–Crippen LogP) is 1.81. The van der Waals surface area contributed by atoms with E-state index in [1.54, 1.807) is 37.3 Å². The summed E-state index contributed by atoms with van der Waals surface area (Å²) in [5.41, 5.74) is 1.15. The number of pyridine rings is 1. The van der Waals surface area contributed by atoms with Gasteiger partial charge in [-0.3, -0.25) is 9.59 Å². The number of nitrogens with one attached hydrogen (secondary N) is 2. The molecule has 1 aromatic carbocycles. The van der Waals surface area contributed by atoms with E-state index in [1.165, 1.54) is 6.20 Å². The number of H-pyrrole nitrogens is 1. The van der Waals surface area contributed by atoms with Gasteiger partial charge >= 0.3 is 0 Å². The number of aryl methyl sites for hydroxylation is 1. The van der Waals surface area contributed by atoms with Gasteiger partial charge in [0.15, 0.2) is 0 Å². The van der Waals surface area contributed by atoms with Gasteiger partial charge in [-0.05, 0) is 36.8 Å². The van der Waals surface area contributed by atoms with Crippen LogP contribution in [0, 0.1) is 18.3 Å². The SMILES string of the molecule is Cc1cc[nH]c(=O)c1C(=O)Nc1cccc(C#N)c1. The Hall–Kier alpha value is -2.87. The summed E-state index contributed by atoms with van der Waals surface area (Å²) in [6, 6.07) is 10.1. The first-order valence-corrected chi connectivity index (χ1v) is 5.61. The minimum Gasteiger partial charge on any atom is -0.328 e. The van der Waals surface area contributed by atoms with E-state index in [2.05, 4.69) is 10.3 Å². The molecule has 0 atom stereocenters. The van der Waals surface area contributed by atoms with Crippen LogP contribution in [0.3, 0.4) is 0 Å². The Kier molecular flexibility index (Phi) is 3.44. The quantitative estimate of drug-likeness (QED) is 0.855. The monoisotopic (exact) mass is 253 g/mol. The first kappa shape index (κ1) is 12.6. The number of amides is 1. The smallest absolute Gasteiger partial charge is 0.261 e. The van der Waals surface area contributed by atoms with Crippen LogP contribution in [0.25, 0.3) is 0 Å². The maximum absolute atomic E-state index is 12.0. The average molecular weight is 253 g/mol. The number of nitrogens with zero attached hydrogens (tertiary/aromatic N) is 1. The molecule has 19 heavy (non-hydrogen) atoms. The zero-order valence-electron chi connectivity index (χ0n) is 10.2. The van der Waals surface area contributed by atoms with Crippen LogP contribution in [-0.2, 0) is 0 Å². The third-order valence-electron chi connectivity index (χ3n) is 2.65. The van der Waals surface area contributed by atoms with Gasteiger partial charge in [-0.25, -0.2) is 0 Å². The molecule has 5 heteroatoms. The summed E-state index contributed by atoms with van der Waals surface area (Å²) in [5, 5.41) is 11.4. The van der Waals surface area contributed by atoms with Gasteiger partial charge < -0.3 is 10.3 Å². The summed E-state index contributed by atoms with van der Waals surface area (Å²) in [6.45, 7) is 1.69. The van der Waals surface area contributed by atoms with Crippen LogP contribution in [0.2, 0.25) is 0 Å². The van der Waals surface area contributed by atoms with Crippen molar-refractivity contribution >= 4 is 11.6 Å². The topological polar surface area (TPSA) is 85.8 Å². The number of aromatic nitrogens is 1. The van der Waals surface area contributed by atoms with Crippen LogP contribution >= 0.6 is 0 Å². The summed E-state index contributed by atoms with van der Waals surface area (Å²) in [4.78, 5) is 26.1. The molecule has 0 aliphatic rings. The molecule has 0 radical (unpaired) electrons. The van der Waals surface area contributed by atoms with E-state index in [0.29, 0.717) is 16.8 Å². The highest BCUT2D eigenvalue weighted by Crippen LogP contribution is 2.11. The molecule has 0 spiro atoms. The van der Waals surface area contributed by atoms with Gasteiger partial charge in [0.05, 0.1) is 11.6 Å². The van der Waals surface area contributed by atoms with Crippen molar-refractivity contribution in [1.82, 2.24) is 4.98 Å². The molecule has 1 aromatic heterocycles. The molecule has 0 saturated heterocycles. The molecule has 2 rings (SSSR count). The lowest BCUT2D eigenvalue weighted by atomic mass is 10.1. The number of rotatable bonds is 2. The molecule has 94 valence electrons. The Morgan fingerprint density at radius 2 is 2.16 bits per heavy atom. The molecule has 0 unspecified atom stereocenters. The Labute approximate surface area is 109 Å². The number of carbonyl (C=O) groups is 1. The predicted molar refractivity (Wildman–Crippen MR) is 70.9 cm³/mol. The molecule has 0 fully saturated rings. The van der Waals surface area contributed by atoms with Gasteiger partial charge in [-0.15, -0.1) is 0 Å². The second kappa shape index (κ2) is 5.19. The number of benzene rings is 1. The van der Waals surface area contributed by atoms with Crippen molar-refractivity contribution in [3.63, 3.8) is 0 Å². The fraction of sp³-hybridized carbons (Fsp3) is 0.0714. The number of nitriles is 1. The fourth-order valence-corrected chi connectivity index (χ4v) is 1.72. The summed E-state index contributed by atoms with van der Waals surface area (Å²) in [7, 11) is 0. The van der Waals surface area contributed by atoms with Crippen LogP contribution < -0.4 is 10.9 Å². The zero-order valence-corrected chi connectivity index (χ0v) is 10.2. The molecular formula is C14H11N3O2. The number of anilines is 1. The van der Waals surface area contributed by atoms with Crippen molar-refractivity contribution in [2.45, 2.75) is 6.92 Å². The fourth-order valence-electron chi connectivity index (χ4n) is 1.72. The Balaban J connectivity index is 2.31. The van der Waals surface area contributed by atoms with E-state index in [0.717, 1.165) is 0 Å². The highest BCUT2D eigenvalue weighted by molar-refractivity contribution is 6.05. The lowest BCUT2D eigenvalue weighted by molar-refractivity contribution is 0.102. The standard InChI is InChI=1S/C14H11N3O2/c1-9-5-6-16-13(18)12(9)14(19)17-11-4-2-3-10(7-11)8-15/h2-7H,1H3,(H,16,18)(H,17,19). The first-order valence-electron chi connectivity index (χ1n) is 5.61. The van der Waals surface area contributed by atoms with Crippen LogP contribution in [0.5, 0.6) is 0 Å². The van der Waals surface area contributed by atoms with Gasteiger partial charge in [0, 0.05) is 11.9 Å². The third kappa shape index (κ3) is 2.69. The van der Waals surface area contributed by atoms with E-state index >= 15 is 0 Å². The van der Waals surface area contributed by atoms with Crippen molar-refractivity contribution in [1.29, 1.82) is 5.26 Å². The largest absolute Gasteiger partial charge is 0.328 e. The molecule has 0 aliphatic heterocycles. The molecule has 5 nitrogen and oxygen atoms in total. The molecule has 1 heterocycles. The minimum atomic E-state index is -0.491. The van der Waals surface area contributed by atoms with Gasteiger partial charge in [0.1, 0.15) is 5.56 Å². The second-order valence-corrected chi connectivity index (χ2v) is 4.01. The van der Waals surface area contributed by atoms with Crippen molar-refractivity contribution in [2.75, 3.05) is 5.32 Å². The highest BCUT2D eigenvalue weighted by Gasteiger charge is 2.13. The van der Waals surface area contributed by atoms with Crippen molar-refractivity contribution in [3.8, 4) is 6.07 Å². The number of hydrogen-bond donors (Lipinski definition) is 2. The Bertz CT molecular complexity index is 726. The normalized spacial score (nSPS) is 9.68. The van der Waals surface area contributed by atoms with E-state index in [1.807, 2.05) is 6.07 Å². The Morgan fingerprint density at radius 1 is 1.37 bits per heavy atom. The van der Waals surface area contributed by atoms with Gasteiger partial charge in [-0.1, -0.05) is 6.07 Å². The maximum Gasteiger partial charge on any atom is 0.261 e. The first-order chi connectivity index (χ1) is 9.11. The Morgan fingerprint density at radius 3 is 2.84 bits per heavy atom. The van der Waals surface area contributed by atoms with E-state index in [-0.39, 0.29) is 5.56 Å². The molecular weight excluding hydrogens is 242 g/mol. The van der Waals surface area contributed by atoms with E-state index in [9.17, 15) is 9.59 Å². The van der Waals surface area contributed by atoms with Crippen LogP contribution in [-0.4, -0.2) is 10.9 Å². The van der Waals surface area contributed by atoms with Crippen LogP contribution in [0.15, 0.2) is 41.3 Å². The van der Waals surface area contributed by atoms with Gasteiger partial charge in [0.2, 0.25) is 0 Å². The molecule has 2 N–H and O–H groups in total. The van der Waals surface area contributed by atoms with Crippen LogP contribution in [0.1, 0.15) is 21.5 Å². The summed E-state index contributed by atoms with van der Waals surface area (Å²) < 4.78 is 0. The molecule has 2 aromatic rings. The lowest BCUT2D eigenvalue weighted by Crippen LogP contribution is -2.24. The summed E-state index contributed by atoms with van der Waals surface area (Å²) in [6.07, 6.45) is 1.49. The minimum absolute atomic E-state index is 0.0739. The van der Waals surface area contributed by atoms with E-state index < -0.39 is 11.5 Å². The van der Waals surface area contributed by atoms with Gasteiger partial charge in [-0.2, -0.15) is 5.26 Å².